The molecule has 0 fully saturated rings. The molecule has 0 aliphatic heterocycles. The van der Waals surface area contributed by atoms with Gasteiger partial charge in [0.1, 0.15) is 0 Å². The number of nitrogens with one attached hydrogen (secondary N) is 1. The molecule has 0 radical (unpaired) electrons. The van der Waals surface area contributed by atoms with Gasteiger partial charge in [-0.15, -0.1) is 0 Å². The normalized spacial score (nSPS) is 15.2. The van der Waals surface area contributed by atoms with Gasteiger partial charge in [-0.2, -0.15) is 0 Å². The lowest BCUT2D eigenvalue weighted by Gasteiger charge is -2.42. The van der Waals surface area contributed by atoms with Crippen LogP contribution in [0.25, 0.3) is 0 Å². The summed E-state index contributed by atoms with van der Waals surface area (Å²) in [5.74, 6) is 0. The van der Waals surface area contributed by atoms with Crippen molar-refractivity contribution in [3.05, 3.63) is 0 Å². The third-order valence-corrected chi connectivity index (χ3v) is 4.81. The van der Waals surface area contributed by atoms with Gasteiger partial charge in [-0.05, 0) is 68.9 Å². The van der Waals surface area contributed by atoms with E-state index in [2.05, 4.69) is 73.8 Å². The van der Waals surface area contributed by atoms with Gasteiger partial charge < -0.3 is 8.85 Å². The van der Waals surface area contributed by atoms with Crippen LogP contribution in [0, 0.1) is 0 Å². The minimum absolute atomic E-state index is 0.0164. The summed E-state index contributed by atoms with van der Waals surface area (Å²) in [7, 11) is -2.41. The van der Waals surface area contributed by atoms with Crippen LogP contribution in [-0.4, -0.2) is 25.5 Å². The van der Waals surface area contributed by atoms with E-state index in [1.165, 1.54) is 0 Å². The summed E-state index contributed by atoms with van der Waals surface area (Å²) in [6.07, 6.45) is 0. The first-order valence-electron chi connectivity index (χ1n) is 6.32. The Morgan fingerprint density at radius 2 is 1.00 bits per heavy atom. The zero-order valence-corrected chi connectivity index (χ0v) is 14.3. The fourth-order valence-electron chi connectivity index (χ4n) is 1.92. The maximum atomic E-state index is 6.18. The second-order valence-corrected chi connectivity index (χ2v) is 10.3. The summed E-state index contributed by atoms with van der Waals surface area (Å²) < 4.78 is 12.4. The zero-order chi connectivity index (χ0) is 14.1. The fraction of sp³-hybridized carbons (Fsp3) is 1.00. The van der Waals surface area contributed by atoms with Crippen molar-refractivity contribution >= 4 is 8.72 Å². The molecule has 0 aromatic rings. The quantitative estimate of drug-likeness (QED) is 0.788. The Morgan fingerprint density at radius 1 is 0.706 bits per heavy atom. The molecule has 0 rings (SSSR count). The van der Waals surface area contributed by atoms with E-state index in [1.807, 2.05) is 0 Å². The monoisotopic (exact) mass is 261 g/mol. The van der Waals surface area contributed by atoms with E-state index in [1.54, 1.807) is 0 Å². The lowest BCUT2D eigenvalue weighted by molar-refractivity contribution is 0.00750. The van der Waals surface area contributed by atoms with Crippen LogP contribution >= 0.6 is 0 Å². The van der Waals surface area contributed by atoms with E-state index < -0.39 is 8.72 Å². The number of rotatable bonds is 3. The topological polar surface area (TPSA) is 30.5 Å². The molecule has 0 heterocycles. The summed E-state index contributed by atoms with van der Waals surface area (Å²) in [5.41, 5.74) is -0.424. The van der Waals surface area contributed by atoms with Gasteiger partial charge in [-0.1, -0.05) is 0 Å². The Hall–Kier alpha value is 0.0969. The summed E-state index contributed by atoms with van der Waals surface area (Å²) in [5, 5.41) is 0. The lowest BCUT2D eigenvalue weighted by Crippen LogP contribution is -2.64. The van der Waals surface area contributed by atoms with Crippen LogP contribution < -0.4 is 4.98 Å². The van der Waals surface area contributed by atoms with Crippen molar-refractivity contribution in [1.29, 1.82) is 0 Å². The van der Waals surface area contributed by atoms with Gasteiger partial charge in [0.2, 0.25) is 0 Å². The summed E-state index contributed by atoms with van der Waals surface area (Å²) in [6.45, 7) is 20.9. The second-order valence-electron chi connectivity index (χ2n) is 7.75. The average molecular weight is 261 g/mol. The SMILES string of the molecule is CC(C)(C)N[Si](C)(OC(C)(C)C)OC(C)(C)C. The number of hydrogen-bond acceptors (Lipinski definition) is 3. The molecule has 0 bridgehead atoms. The molecule has 1 N–H and O–H groups in total. The van der Waals surface area contributed by atoms with Gasteiger partial charge in [0.25, 0.3) is 0 Å². The lowest BCUT2D eigenvalue weighted by atomic mass is 10.1. The van der Waals surface area contributed by atoms with Gasteiger partial charge in [0.15, 0.2) is 0 Å². The molecule has 3 nitrogen and oxygen atoms in total. The molecular formula is C13H31NO2Si. The molecule has 0 aromatic heterocycles. The third-order valence-electron chi connectivity index (χ3n) is 1.60. The van der Waals surface area contributed by atoms with Crippen LogP contribution in [-0.2, 0) is 8.85 Å². The van der Waals surface area contributed by atoms with E-state index in [0.717, 1.165) is 0 Å². The van der Waals surface area contributed by atoms with Gasteiger partial charge in [0, 0.05) is 5.54 Å². The van der Waals surface area contributed by atoms with Gasteiger partial charge in [-0.3, -0.25) is 4.98 Å². The largest absolute Gasteiger partial charge is 0.423 e. The molecule has 0 aromatic carbocycles. The van der Waals surface area contributed by atoms with Gasteiger partial charge in [-0.25, -0.2) is 0 Å². The van der Waals surface area contributed by atoms with E-state index in [-0.39, 0.29) is 16.7 Å². The van der Waals surface area contributed by atoms with Crippen LogP contribution in [0.1, 0.15) is 62.3 Å². The van der Waals surface area contributed by atoms with Crippen molar-refractivity contribution < 1.29 is 8.85 Å². The maximum absolute atomic E-state index is 6.18. The molecule has 0 aliphatic carbocycles. The summed E-state index contributed by atoms with van der Waals surface area (Å²) in [4.78, 5) is 3.54. The molecule has 17 heavy (non-hydrogen) atoms. The van der Waals surface area contributed by atoms with E-state index >= 15 is 0 Å². The molecular weight excluding hydrogens is 230 g/mol. The average Bonchev–Trinajstić information content (AvgIpc) is 1.65. The molecule has 0 amide bonds. The molecule has 0 saturated heterocycles. The van der Waals surface area contributed by atoms with Crippen LogP contribution in [0.2, 0.25) is 6.55 Å². The van der Waals surface area contributed by atoms with Crippen molar-refractivity contribution in [2.45, 2.75) is 85.6 Å². The van der Waals surface area contributed by atoms with Gasteiger partial charge in [0.05, 0.1) is 11.2 Å². The zero-order valence-electron chi connectivity index (χ0n) is 13.3. The highest BCUT2D eigenvalue weighted by molar-refractivity contribution is 6.63. The Balaban J connectivity index is 4.95. The Labute approximate surface area is 109 Å². The summed E-state index contributed by atoms with van der Waals surface area (Å²) >= 11 is 0. The standard InChI is InChI=1S/C13H31NO2Si/c1-11(2,3)14-17(10,15-12(4,5)6)16-13(7,8)9/h14H,1-10H3. The molecule has 0 unspecified atom stereocenters. The Morgan fingerprint density at radius 3 is 1.18 bits per heavy atom. The van der Waals surface area contributed by atoms with E-state index in [0.29, 0.717) is 0 Å². The molecule has 0 aliphatic rings. The molecule has 104 valence electrons. The smallest absolute Gasteiger partial charge is 0.378 e. The van der Waals surface area contributed by atoms with Crippen molar-refractivity contribution in [2.75, 3.05) is 0 Å². The van der Waals surface area contributed by atoms with Crippen LogP contribution in [0.3, 0.4) is 0 Å². The first-order valence-corrected chi connectivity index (χ1v) is 8.63. The van der Waals surface area contributed by atoms with E-state index in [4.69, 9.17) is 8.85 Å². The Kier molecular flexibility index (Phi) is 5.03. The molecule has 4 heteroatoms. The van der Waals surface area contributed by atoms with Crippen LogP contribution in [0.4, 0.5) is 0 Å². The summed E-state index contributed by atoms with van der Waals surface area (Å²) in [6, 6.07) is 0. The highest BCUT2D eigenvalue weighted by atomic mass is 28.4. The fourth-order valence-corrected chi connectivity index (χ4v) is 5.76. The minimum atomic E-state index is -2.41. The Bertz CT molecular complexity index is 205. The van der Waals surface area contributed by atoms with Crippen LogP contribution in [0.5, 0.6) is 0 Å². The van der Waals surface area contributed by atoms with Crippen molar-refractivity contribution in [2.24, 2.45) is 0 Å². The highest BCUT2D eigenvalue weighted by Crippen LogP contribution is 2.23. The highest BCUT2D eigenvalue weighted by Gasteiger charge is 2.42. The first-order chi connectivity index (χ1) is 7.12. The van der Waals surface area contributed by atoms with Gasteiger partial charge >= 0.3 is 8.72 Å². The number of hydrogen-bond donors (Lipinski definition) is 1. The predicted octanol–water partition coefficient (Wildman–Crippen LogP) is 3.57. The van der Waals surface area contributed by atoms with Crippen molar-refractivity contribution in [3.8, 4) is 0 Å². The molecule has 0 atom stereocenters. The predicted molar refractivity (Wildman–Crippen MR) is 76.2 cm³/mol. The minimum Gasteiger partial charge on any atom is -0.378 e. The molecule has 0 saturated carbocycles. The van der Waals surface area contributed by atoms with Crippen LogP contribution in [0.15, 0.2) is 0 Å². The second kappa shape index (κ2) is 5.00. The first kappa shape index (κ1) is 17.1. The maximum Gasteiger partial charge on any atom is 0.423 e. The van der Waals surface area contributed by atoms with Crippen molar-refractivity contribution in [3.63, 3.8) is 0 Å². The molecule has 0 spiro atoms. The van der Waals surface area contributed by atoms with E-state index in [9.17, 15) is 0 Å². The third kappa shape index (κ3) is 9.77. The van der Waals surface area contributed by atoms with Crippen molar-refractivity contribution in [1.82, 2.24) is 4.98 Å².